The molecule has 4 aromatic rings. The minimum absolute atomic E-state index is 0.0856. The number of rotatable bonds is 4. The normalized spacial score (nSPS) is 11.1. The molecule has 0 fully saturated rings. The average Bonchev–Trinajstić information content (AvgIpc) is 3.12. The quantitative estimate of drug-likeness (QED) is 0.508. The first-order valence-electron chi connectivity index (χ1n) is 9.75. The largest absolute Gasteiger partial charge is 0.324 e. The Morgan fingerprint density at radius 2 is 1.70 bits per heavy atom. The number of aryl methyl sites for hydroxylation is 4. The lowest BCUT2D eigenvalue weighted by molar-refractivity contribution is -0.116. The average molecular weight is 418 g/mol. The van der Waals surface area contributed by atoms with Crippen LogP contribution in [0.5, 0.6) is 0 Å². The Morgan fingerprint density at radius 3 is 2.37 bits per heavy atom. The predicted molar refractivity (Wildman–Crippen MR) is 123 cm³/mol. The molecule has 4 rings (SSSR count). The summed E-state index contributed by atoms with van der Waals surface area (Å²) in [5.74, 6) is -0.250. The minimum Gasteiger partial charge on any atom is -0.324 e. The van der Waals surface area contributed by atoms with Gasteiger partial charge in [0.25, 0.3) is 5.56 Å². The van der Waals surface area contributed by atoms with Gasteiger partial charge in [-0.2, -0.15) is 0 Å². The van der Waals surface area contributed by atoms with Crippen molar-refractivity contribution in [3.8, 4) is 11.1 Å². The smallest absolute Gasteiger partial charge is 0.263 e. The molecule has 0 atom stereocenters. The summed E-state index contributed by atoms with van der Waals surface area (Å²) in [5.41, 5.74) is 6.73. The first kappa shape index (κ1) is 20.0. The van der Waals surface area contributed by atoms with Gasteiger partial charge in [0.05, 0.1) is 11.7 Å². The van der Waals surface area contributed by atoms with Crippen LogP contribution in [-0.4, -0.2) is 15.5 Å². The van der Waals surface area contributed by atoms with Gasteiger partial charge in [0, 0.05) is 16.6 Å². The molecular weight excluding hydrogens is 394 g/mol. The number of aromatic nitrogens is 2. The summed E-state index contributed by atoms with van der Waals surface area (Å²) in [6, 6.07) is 12.1. The number of carbonyl (C=O) groups is 1. The maximum absolute atomic E-state index is 13.2. The second kappa shape index (κ2) is 7.88. The number of benzene rings is 2. The lowest BCUT2D eigenvalue weighted by Crippen LogP contribution is -2.28. The summed E-state index contributed by atoms with van der Waals surface area (Å²) in [6.07, 6.45) is 1.45. The molecule has 0 aliphatic rings. The van der Waals surface area contributed by atoms with Crippen molar-refractivity contribution >= 4 is 33.1 Å². The van der Waals surface area contributed by atoms with Gasteiger partial charge in [0.2, 0.25) is 5.91 Å². The molecular formula is C24H23N3O2S. The number of nitrogens with one attached hydrogen (secondary N) is 1. The Morgan fingerprint density at radius 1 is 1.03 bits per heavy atom. The molecule has 0 unspecified atom stereocenters. The van der Waals surface area contributed by atoms with Gasteiger partial charge in [0.15, 0.2) is 0 Å². The van der Waals surface area contributed by atoms with Crippen LogP contribution in [0.1, 0.15) is 22.3 Å². The first-order chi connectivity index (χ1) is 14.3. The van der Waals surface area contributed by atoms with Crippen LogP contribution in [0.25, 0.3) is 21.3 Å². The van der Waals surface area contributed by atoms with E-state index in [9.17, 15) is 9.59 Å². The zero-order valence-corrected chi connectivity index (χ0v) is 18.3. The van der Waals surface area contributed by atoms with Crippen LogP contribution < -0.4 is 10.9 Å². The summed E-state index contributed by atoms with van der Waals surface area (Å²) in [7, 11) is 0. The molecule has 0 spiro atoms. The van der Waals surface area contributed by atoms with E-state index >= 15 is 0 Å². The highest BCUT2D eigenvalue weighted by Gasteiger charge is 2.15. The SMILES string of the molecule is Cc1ccc(-c2csc3ncn(CC(=O)Nc4c(C)cc(C)cc4C)c(=O)c23)cc1. The first-order valence-corrected chi connectivity index (χ1v) is 10.6. The van der Waals surface area contributed by atoms with E-state index in [0.717, 1.165) is 39.1 Å². The molecule has 0 saturated heterocycles. The monoisotopic (exact) mass is 417 g/mol. The Hall–Kier alpha value is -3.25. The van der Waals surface area contributed by atoms with Crippen LogP contribution >= 0.6 is 11.3 Å². The van der Waals surface area contributed by atoms with Crippen LogP contribution in [0.3, 0.4) is 0 Å². The summed E-state index contributed by atoms with van der Waals surface area (Å²) in [4.78, 5) is 31.0. The molecule has 0 aliphatic heterocycles. The van der Waals surface area contributed by atoms with Crippen LogP contribution in [0.15, 0.2) is 52.9 Å². The zero-order chi connectivity index (χ0) is 21.4. The molecule has 1 amide bonds. The predicted octanol–water partition coefficient (Wildman–Crippen LogP) is 5.00. The second-order valence-corrected chi connectivity index (χ2v) is 8.55. The molecule has 2 aromatic carbocycles. The van der Waals surface area contributed by atoms with E-state index in [-0.39, 0.29) is 18.0 Å². The van der Waals surface area contributed by atoms with Crippen molar-refractivity contribution in [3.05, 3.63) is 80.7 Å². The van der Waals surface area contributed by atoms with Crippen molar-refractivity contribution in [3.63, 3.8) is 0 Å². The van der Waals surface area contributed by atoms with E-state index in [4.69, 9.17) is 0 Å². The Labute approximate surface area is 179 Å². The van der Waals surface area contributed by atoms with Crippen molar-refractivity contribution in [2.45, 2.75) is 34.2 Å². The van der Waals surface area contributed by atoms with Crippen LogP contribution in [0.2, 0.25) is 0 Å². The van der Waals surface area contributed by atoms with Gasteiger partial charge in [-0.15, -0.1) is 11.3 Å². The molecule has 2 aromatic heterocycles. The van der Waals surface area contributed by atoms with Crippen molar-refractivity contribution < 1.29 is 4.79 Å². The minimum atomic E-state index is -0.250. The van der Waals surface area contributed by atoms with Crippen LogP contribution in [0, 0.1) is 27.7 Å². The van der Waals surface area contributed by atoms with Gasteiger partial charge in [-0.3, -0.25) is 14.2 Å². The standard InChI is InChI=1S/C24H23N3O2S/c1-14-5-7-18(8-6-14)19-12-30-23-21(19)24(29)27(13-25-23)11-20(28)26-22-16(3)9-15(2)10-17(22)4/h5-10,12-13H,11H2,1-4H3,(H,26,28). The Bertz CT molecular complexity index is 1290. The van der Waals surface area contributed by atoms with Gasteiger partial charge in [-0.05, 0) is 44.4 Å². The van der Waals surface area contributed by atoms with E-state index in [1.807, 2.05) is 69.5 Å². The van der Waals surface area contributed by atoms with E-state index in [0.29, 0.717) is 10.2 Å². The van der Waals surface area contributed by atoms with Gasteiger partial charge < -0.3 is 5.32 Å². The van der Waals surface area contributed by atoms with Crippen molar-refractivity contribution in [2.24, 2.45) is 0 Å². The topological polar surface area (TPSA) is 64.0 Å². The van der Waals surface area contributed by atoms with Gasteiger partial charge >= 0.3 is 0 Å². The van der Waals surface area contributed by atoms with Crippen LogP contribution in [0.4, 0.5) is 5.69 Å². The number of carbonyl (C=O) groups excluding carboxylic acids is 1. The zero-order valence-electron chi connectivity index (χ0n) is 17.4. The number of hydrogen-bond acceptors (Lipinski definition) is 4. The number of nitrogens with zero attached hydrogens (tertiary/aromatic N) is 2. The molecule has 30 heavy (non-hydrogen) atoms. The number of amides is 1. The molecule has 1 N–H and O–H groups in total. The third-order valence-electron chi connectivity index (χ3n) is 5.18. The van der Waals surface area contributed by atoms with E-state index in [2.05, 4.69) is 10.3 Å². The van der Waals surface area contributed by atoms with E-state index in [1.165, 1.54) is 22.2 Å². The molecule has 0 bridgehead atoms. The highest BCUT2D eigenvalue weighted by molar-refractivity contribution is 7.17. The second-order valence-electron chi connectivity index (χ2n) is 7.70. The number of thiophene rings is 1. The molecule has 6 heteroatoms. The molecule has 2 heterocycles. The maximum atomic E-state index is 13.2. The van der Waals surface area contributed by atoms with E-state index < -0.39 is 0 Å². The fourth-order valence-electron chi connectivity index (χ4n) is 3.74. The molecule has 0 radical (unpaired) electrons. The number of anilines is 1. The highest BCUT2D eigenvalue weighted by Crippen LogP contribution is 2.30. The maximum Gasteiger partial charge on any atom is 0.263 e. The fourth-order valence-corrected chi connectivity index (χ4v) is 4.64. The van der Waals surface area contributed by atoms with Crippen LogP contribution in [-0.2, 0) is 11.3 Å². The van der Waals surface area contributed by atoms with Gasteiger partial charge in [-0.1, -0.05) is 47.5 Å². The summed E-state index contributed by atoms with van der Waals surface area (Å²) in [5, 5.41) is 5.46. The third kappa shape index (κ3) is 3.78. The van der Waals surface area contributed by atoms with Crippen molar-refractivity contribution in [1.29, 1.82) is 0 Å². The Kier molecular flexibility index (Phi) is 5.26. The molecule has 0 aliphatic carbocycles. The summed E-state index contributed by atoms with van der Waals surface area (Å²) < 4.78 is 1.38. The van der Waals surface area contributed by atoms with Gasteiger partial charge in [0.1, 0.15) is 11.4 Å². The molecule has 0 saturated carbocycles. The molecule has 5 nitrogen and oxygen atoms in total. The van der Waals surface area contributed by atoms with Gasteiger partial charge in [-0.25, -0.2) is 4.98 Å². The lowest BCUT2D eigenvalue weighted by atomic mass is 10.0. The lowest BCUT2D eigenvalue weighted by Gasteiger charge is -2.13. The number of hydrogen-bond donors (Lipinski definition) is 1. The third-order valence-corrected chi connectivity index (χ3v) is 6.07. The summed E-state index contributed by atoms with van der Waals surface area (Å²) >= 11 is 1.44. The van der Waals surface area contributed by atoms with Crippen molar-refractivity contribution in [1.82, 2.24) is 9.55 Å². The van der Waals surface area contributed by atoms with E-state index in [1.54, 1.807) is 0 Å². The number of fused-ring (bicyclic) bond motifs is 1. The Balaban J connectivity index is 1.66. The fraction of sp³-hybridized carbons (Fsp3) is 0.208. The summed E-state index contributed by atoms with van der Waals surface area (Å²) in [6.45, 7) is 7.90. The highest BCUT2D eigenvalue weighted by atomic mass is 32.1. The molecule has 152 valence electrons. The van der Waals surface area contributed by atoms with Crippen molar-refractivity contribution in [2.75, 3.05) is 5.32 Å².